The standard InChI is InChI=1S/C45H57F3N4O10/c1-6-52(44(58)60-28-33-15-11-8-12-16-33)35-21-23-51(24-22-35)41(55)39(29(2)3)50-40(54)34(25-32-17-19-36(20-18-32)62-45(46,47)48)27-38(53)37(26-31-13-9-7-10-14-31)49-43(57)61-30(4)42(56)59-5/h7-20,29-30,34-35,37-39,53H,6,21-28H2,1-5H3,(H,49,57)(H,50,54)/t30-,34?,37-,38-,39-/m0/s1. The number of methoxy groups -OCH3 is 1. The minimum absolute atomic E-state index is 0.0747. The summed E-state index contributed by atoms with van der Waals surface area (Å²) in [6.45, 7) is 7.92. The minimum Gasteiger partial charge on any atom is -0.466 e. The van der Waals surface area contributed by atoms with Crippen molar-refractivity contribution >= 4 is 30.0 Å². The van der Waals surface area contributed by atoms with Crippen molar-refractivity contribution in [3.8, 4) is 5.75 Å². The average Bonchev–Trinajstić information content (AvgIpc) is 3.24. The highest BCUT2D eigenvalue weighted by Gasteiger charge is 2.37. The topological polar surface area (TPSA) is 173 Å². The number of likely N-dealkylation sites (tertiary alicyclic amines) is 1. The fourth-order valence-corrected chi connectivity index (χ4v) is 7.28. The second kappa shape index (κ2) is 23.4. The number of nitrogens with zero attached hydrogens (tertiary/aromatic N) is 2. The van der Waals surface area contributed by atoms with Crippen molar-refractivity contribution in [2.24, 2.45) is 11.8 Å². The van der Waals surface area contributed by atoms with Crippen LogP contribution in [0.15, 0.2) is 84.9 Å². The van der Waals surface area contributed by atoms with Crippen molar-refractivity contribution in [3.63, 3.8) is 0 Å². The number of nitrogens with one attached hydrogen (secondary N) is 2. The lowest BCUT2D eigenvalue weighted by Gasteiger charge is -2.39. The summed E-state index contributed by atoms with van der Waals surface area (Å²) in [5.41, 5.74) is 2.02. The van der Waals surface area contributed by atoms with E-state index in [1.165, 1.54) is 19.1 Å². The molecule has 3 aromatic rings. The molecule has 1 saturated heterocycles. The molecule has 17 heteroatoms. The van der Waals surface area contributed by atoms with E-state index in [2.05, 4.69) is 20.1 Å². The molecular formula is C45H57F3N4O10. The van der Waals surface area contributed by atoms with Crippen LogP contribution in [0.1, 0.15) is 63.6 Å². The van der Waals surface area contributed by atoms with Crippen molar-refractivity contribution < 1.29 is 61.2 Å². The van der Waals surface area contributed by atoms with Crippen LogP contribution in [-0.4, -0.2) is 108 Å². The monoisotopic (exact) mass is 870 g/mol. The molecule has 3 aromatic carbocycles. The second-order valence-electron chi connectivity index (χ2n) is 15.5. The molecular weight excluding hydrogens is 814 g/mol. The summed E-state index contributed by atoms with van der Waals surface area (Å²) in [5, 5.41) is 17.2. The summed E-state index contributed by atoms with van der Waals surface area (Å²) < 4.78 is 58.1. The third-order valence-corrected chi connectivity index (χ3v) is 10.6. The molecule has 1 heterocycles. The highest BCUT2D eigenvalue weighted by molar-refractivity contribution is 5.89. The summed E-state index contributed by atoms with van der Waals surface area (Å²) in [7, 11) is 1.14. The van der Waals surface area contributed by atoms with Gasteiger partial charge in [-0.1, -0.05) is 86.6 Å². The van der Waals surface area contributed by atoms with Crippen molar-refractivity contribution in [2.45, 2.75) is 103 Å². The number of alkyl halides is 3. The fraction of sp³-hybridized carbons (Fsp3) is 0.489. The van der Waals surface area contributed by atoms with Gasteiger partial charge in [-0.2, -0.15) is 0 Å². The molecule has 1 aliphatic heterocycles. The van der Waals surface area contributed by atoms with Crippen molar-refractivity contribution in [3.05, 3.63) is 102 Å². The van der Waals surface area contributed by atoms with E-state index in [0.717, 1.165) is 30.4 Å². The molecule has 5 atom stereocenters. The molecule has 14 nitrogen and oxygen atoms in total. The molecule has 338 valence electrons. The van der Waals surface area contributed by atoms with Gasteiger partial charge in [0.1, 0.15) is 18.4 Å². The molecule has 1 aliphatic rings. The predicted octanol–water partition coefficient (Wildman–Crippen LogP) is 6.18. The molecule has 1 fully saturated rings. The second-order valence-corrected chi connectivity index (χ2v) is 15.5. The van der Waals surface area contributed by atoms with Crippen LogP contribution in [0.4, 0.5) is 22.8 Å². The van der Waals surface area contributed by atoms with E-state index in [9.17, 15) is 42.3 Å². The van der Waals surface area contributed by atoms with E-state index >= 15 is 0 Å². The van der Waals surface area contributed by atoms with Gasteiger partial charge in [0.05, 0.1) is 19.3 Å². The Bertz CT molecular complexity index is 1900. The third-order valence-electron chi connectivity index (χ3n) is 10.6. The van der Waals surface area contributed by atoms with E-state index in [0.29, 0.717) is 38.0 Å². The number of benzene rings is 3. The van der Waals surface area contributed by atoms with Gasteiger partial charge in [0.2, 0.25) is 11.8 Å². The Morgan fingerprint density at radius 3 is 1.97 bits per heavy atom. The number of carbonyl (C=O) groups is 5. The van der Waals surface area contributed by atoms with Gasteiger partial charge in [0.15, 0.2) is 6.10 Å². The molecule has 0 aromatic heterocycles. The summed E-state index contributed by atoms with van der Waals surface area (Å²) >= 11 is 0. The molecule has 0 saturated carbocycles. The Hall–Kier alpha value is -5.84. The molecule has 4 rings (SSSR count). The Labute approximate surface area is 360 Å². The van der Waals surface area contributed by atoms with Crippen LogP contribution in [0.3, 0.4) is 0 Å². The highest BCUT2D eigenvalue weighted by atomic mass is 19.4. The summed E-state index contributed by atoms with van der Waals surface area (Å²) in [5.74, 6) is -3.66. The van der Waals surface area contributed by atoms with Crippen molar-refractivity contribution in [1.82, 2.24) is 20.4 Å². The Kier molecular flexibility index (Phi) is 18.4. The van der Waals surface area contributed by atoms with E-state index in [4.69, 9.17) is 9.47 Å². The predicted molar refractivity (Wildman–Crippen MR) is 221 cm³/mol. The number of ether oxygens (including phenoxy) is 4. The Balaban J connectivity index is 1.51. The van der Waals surface area contributed by atoms with Gasteiger partial charge in [0, 0.05) is 31.6 Å². The van der Waals surface area contributed by atoms with Gasteiger partial charge in [-0.05, 0) is 80.7 Å². The van der Waals surface area contributed by atoms with Gasteiger partial charge in [-0.15, -0.1) is 13.2 Å². The molecule has 62 heavy (non-hydrogen) atoms. The smallest absolute Gasteiger partial charge is 0.466 e. The lowest BCUT2D eigenvalue weighted by molar-refractivity contribution is -0.274. The highest BCUT2D eigenvalue weighted by Crippen LogP contribution is 2.26. The van der Waals surface area contributed by atoms with E-state index in [1.807, 2.05) is 37.3 Å². The Morgan fingerprint density at radius 2 is 1.42 bits per heavy atom. The maximum atomic E-state index is 14.3. The number of halogens is 3. The largest absolute Gasteiger partial charge is 0.573 e. The van der Waals surface area contributed by atoms with Gasteiger partial charge in [0.25, 0.3) is 0 Å². The number of esters is 1. The van der Waals surface area contributed by atoms with Crippen molar-refractivity contribution in [2.75, 3.05) is 26.7 Å². The first kappa shape index (κ1) is 48.8. The zero-order valence-corrected chi connectivity index (χ0v) is 35.6. The molecule has 3 N–H and O–H groups in total. The SMILES string of the molecule is CCN(C(=O)OCc1ccccc1)C1CCN(C(=O)[C@@H](NC(=O)C(Cc2ccc(OC(F)(F)F)cc2)C[C@H](O)[C@H](Cc2ccccc2)NC(=O)O[C@@H](C)C(=O)OC)C(C)C)CC1. The Morgan fingerprint density at radius 1 is 0.839 bits per heavy atom. The van der Waals surface area contributed by atoms with Crippen molar-refractivity contribution in [1.29, 1.82) is 0 Å². The lowest BCUT2D eigenvalue weighted by atomic mass is 9.88. The zero-order chi connectivity index (χ0) is 45.4. The number of hydrogen-bond donors (Lipinski definition) is 3. The summed E-state index contributed by atoms with van der Waals surface area (Å²) in [4.78, 5) is 69.7. The van der Waals surface area contributed by atoms with E-state index in [1.54, 1.807) is 54.0 Å². The molecule has 0 radical (unpaired) electrons. The fourth-order valence-electron chi connectivity index (χ4n) is 7.28. The first-order valence-corrected chi connectivity index (χ1v) is 20.7. The van der Waals surface area contributed by atoms with Gasteiger partial charge < -0.3 is 44.5 Å². The molecule has 0 aliphatic carbocycles. The van der Waals surface area contributed by atoms with Crippen LogP contribution in [0.5, 0.6) is 5.75 Å². The van der Waals surface area contributed by atoms with Gasteiger partial charge in [-0.3, -0.25) is 9.59 Å². The minimum atomic E-state index is -4.91. The number of aliphatic hydroxyl groups excluding tert-OH is 1. The van der Waals surface area contributed by atoms with Crippen LogP contribution in [0.2, 0.25) is 0 Å². The first-order chi connectivity index (χ1) is 29.5. The van der Waals surface area contributed by atoms with Gasteiger partial charge in [-0.25, -0.2) is 14.4 Å². The molecule has 1 unspecified atom stereocenters. The summed E-state index contributed by atoms with van der Waals surface area (Å²) in [6.07, 6.45) is -8.34. The number of carbonyl (C=O) groups excluding carboxylic acids is 5. The maximum absolute atomic E-state index is 14.3. The number of piperidine rings is 1. The number of amides is 4. The quantitative estimate of drug-likeness (QED) is 0.0933. The van der Waals surface area contributed by atoms with Crippen LogP contribution >= 0.6 is 0 Å². The van der Waals surface area contributed by atoms with Crippen LogP contribution < -0.4 is 15.4 Å². The van der Waals surface area contributed by atoms with E-state index in [-0.39, 0.29) is 43.7 Å². The van der Waals surface area contributed by atoms with Gasteiger partial charge >= 0.3 is 24.5 Å². The normalized spacial score (nSPS) is 15.6. The number of aliphatic hydroxyl groups is 1. The zero-order valence-electron chi connectivity index (χ0n) is 35.6. The first-order valence-electron chi connectivity index (χ1n) is 20.7. The molecule has 0 bridgehead atoms. The van der Waals surface area contributed by atoms with Crippen LogP contribution in [0, 0.1) is 11.8 Å². The maximum Gasteiger partial charge on any atom is 0.573 e. The van der Waals surface area contributed by atoms with Crippen LogP contribution in [-0.2, 0) is 48.0 Å². The molecule has 0 spiro atoms. The molecule has 4 amide bonds. The average molecular weight is 871 g/mol. The summed E-state index contributed by atoms with van der Waals surface area (Å²) in [6, 6.07) is 21.0. The number of hydrogen-bond acceptors (Lipinski definition) is 10. The van der Waals surface area contributed by atoms with E-state index < -0.39 is 66.4 Å². The van der Waals surface area contributed by atoms with Crippen LogP contribution in [0.25, 0.3) is 0 Å². The number of alkyl carbamates (subject to hydrolysis) is 1. The third kappa shape index (κ3) is 15.3. The lowest BCUT2D eigenvalue weighted by Crippen LogP contribution is -2.56. The number of rotatable bonds is 19.